The van der Waals surface area contributed by atoms with E-state index in [2.05, 4.69) is 28.6 Å². The third kappa shape index (κ3) is 3.77. The van der Waals surface area contributed by atoms with Gasteiger partial charge in [0.15, 0.2) is 0 Å². The Hall–Kier alpha value is -1.42. The van der Waals surface area contributed by atoms with E-state index in [1.807, 2.05) is 32.0 Å². The first-order chi connectivity index (χ1) is 9.08. The third-order valence-corrected chi connectivity index (χ3v) is 3.27. The second kappa shape index (κ2) is 6.15. The van der Waals surface area contributed by atoms with E-state index >= 15 is 0 Å². The number of aryl methyl sites for hydroxylation is 2. The number of aromatic nitrogens is 1. The van der Waals surface area contributed by atoms with E-state index in [9.17, 15) is 0 Å². The molecule has 1 atom stereocenters. The number of hydrogen-bond donors (Lipinski definition) is 2. The minimum Gasteiger partial charge on any atom is -0.271 e. The number of nitrogens with zero attached hydrogens (tertiary/aromatic N) is 1. The number of halogens is 1. The molecule has 2 rings (SSSR count). The maximum absolute atomic E-state index is 6.01. The van der Waals surface area contributed by atoms with Crippen LogP contribution in [-0.4, -0.2) is 4.98 Å². The number of pyridine rings is 1. The second-order valence-corrected chi connectivity index (χ2v) is 5.17. The van der Waals surface area contributed by atoms with Gasteiger partial charge in [-0.3, -0.25) is 16.3 Å². The maximum atomic E-state index is 6.01. The summed E-state index contributed by atoms with van der Waals surface area (Å²) < 4.78 is 0. The molecular weight excluding hydrogens is 258 g/mol. The fourth-order valence-corrected chi connectivity index (χ4v) is 2.45. The topological polar surface area (TPSA) is 50.9 Å². The van der Waals surface area contributed by atoms with Crippen LogP contribution in [0.3, 0.4) is 0 Å². The molecule has 0 spiro atoms. The molecule has 0 aliphatic heterocycles. The van der Waals surface area contributed by atoms with Gasteiger partial charge in [0.1, 0.15) is 0 Å². The van der Waals surface area contributed by atoms with Crippen LogP contribution in [0.25, 0.3) is 0 Å². The summed E-state index contributed by atoms with van der Waals surface area (Å²) >= 11 is 6.01. The molecular formula is C15H18ClN3. The van der Waals surface area contributed by atoms with E-state index in [1.54, 1.807) is 0 Å². The summed E-state index contributed by atoms with van der Waals surface area (Å²) in [5.74, 6) is 5.69. The highest BCUT2D eigenvalue weighted by Crippen LogP contribution is 2.21. The van der Waals surface area contributed by atoms with E-state index in [1.165, 1.54) is 0 Å². The van der Waals surface area contributed by atoms with E-state index in [4.69, 9.17) is 17.4 Å². The number of nitrogens with one attached hydrogen (secondary N) is 1. The number of benzene rings is 1. The summed E-state index contributed by atoms with van der Waals surface area (Å²) in [5.41, 5.74) is 7.17. The van der Waals surface area contributed by atoms with Crippen molar-refractivity contribution in [3.05, 3.63) is 63.9 Å². The lowest BCUT2D eigenvalue weighted by atomic mass is 9.99. The highest BCUT2D eigenvalue weighted by molar-refractivity contribution is 6.30. The summed E-state index contributed by atoms with van der Waals surface area (Å²) in [5, 5.41) is 0.746. The lowest BCUT2D eigenvalue weighted by Crippen LogP contribution is -2.29. The molecule has 1 aromatic heterocycles. The Morgan fingerprint density at radius 1 is 1.21 bits per heavy atom. The van der Waals surface area contributed by atoms with Crippen LogP contribution in [-0.2, 0) is 6.42 Å². The van der Waals surface area contributed by atoms with Crippen molar-refractivity contribution in [1.82, 2.24) is 10.4 Å². The van der Waals surface area contributed by atoms with E-state index in [0.717, 1.165) is 34.0 Å². The van der Waals surface area contributed by atoms with Gasteiger partial charge >= 0.3 is 0 Å². The summed E-state index contributed by atoms with van der Waals surface area (Å²) in [6.07, 6.45) is 0.792. The average molecular weight is 276 g/mol. The summed E-state index contributed by atoms with van der Waals surface area (Å²) in [4.78, 5) is 4.38. The Morgan fingerprint density at radius 2 is 1.89 bits per heavy atom. The minimum atomic E-state index is 0.0545. The Balaban J connectivity index is 2.24. The van der Waals surface area contributed by atoms with Crippen LogP contribution < -0.4 is 11.3 Å². The van der Waals surface area contributed by atoms with Crippen LogP contribution in [0.2, 0.25) is 5.02 Å². The van der Waals surface area contributed by atoms with Crippen molar-refractivity contribution >= 4 is 11.6 Å². The molecule has 0 aliphatic carbocycles. The molecule has 1 unspecified atom stereocenters. The van der Waals surface area contributed by atoms with Gasteiger partial charge in [-0.25, -0.2) is 0 Å². The van der Waals surface area contributed by atoms with Crippen LogP contribution in [0.4, 0.5) is 0 Å². The average Bonchev–Trinajstić information content (AvgIpc) is 2.34. The van der Waals surface area contributed by atoms with Gasteiger partial charge in [-0.05, 0) is 55.7 Å². The van der Waals surface area contributed by atoms with Gasteiger partial charge in [-0.15, -0.1) is 0 Å². The quantitative estimate of drug-likeness (QED) is 0.666. The summed E-state index contributed by atoms with van der Waals surface area (Å²) in [6.45, 7) is 3.98. The van der Waals surface area contributed by atoms with Crippen molar-refractivity contribution in [3.8, 4) is 0 Å². The molecule has 0 saturated carbocycles. The fraction of sp³-hybridized carbons (Fsp3) is 0.267. The first-order valence-corrected chi connectivity index (χ1v) is 6.62. The van der Waals surface area contributed by atoms with Gasteiger partial charge in [-0.2, -0.15) is 0 Å². The zero-order valence-electron chi connectivity index (χ0n) is 11.2. The van der Waals surface area contributed by atoms with Crippen LogP contribution in [0.1, 0.15) is 28.6 Å². The molecule has 0 bridgehead atoms. The smallest absolute Gasteiger partial charge is 0.0501 e. The van der Waals surface area contributed by atoms with Crippen molar-refractivity contribution in [2.75, 3.05) is 0 Å². The molecule has 19 heavy (non-hydrogen) atoms. The monoisotopic (exact) mass is 275 g/mol. The van der Waals surface area contributed by atoms with Crippen molar-refractivity contribution in [2.24, 2.45) is 5.84 Å². The molecule has 1 heterocycles. The molecule has 0 saturated heterocycles. The first kappa shape index (κ1) is 14.0. The van der Waals surface area contributed by atoms with E-state index in [-0.39, 0.29) is 6.04 Å². The SMILES string of the molecule is Cc1cc(C(Cc2cccc(Cl)c2)NN)cc(C)n1. The van der Waals surface area contributed by atoms with Crippen molar-refractivity contribution in [1.29, 1.82) is 0 Å². The Labute approximate surface area is 118 Å². The zero-order valence-corrected chi connectivity index (χ0v) is 11.9. The third-order valence-electron chi connectivity index (χ3n) is 3.04. The first-order valence-electron chi connectivity index (χ1n) is 6.24. The molecule has 0 fully saturated rings. The van der Waals surface area contributed by atoms with Crippen molar-refractivity contribution < 1.29 is 0 Å². The standard InChI is InChI=1S/C15H18ClN3/c1-10-6-13(7-11(2)18-10)15(19-17)9-12-4-3-5-14(16)8-12/h3-8,15,19H,9,17H2,1-2H3. The molecule has 0 amide bonds. The normalized spacial score (nSPS) is 12.4. The number of rotatable bonds is 4. The molecule has 3 nitrogen and oxygen atoms in total. The van der Waals surface area contributed by atoms with Gasteiger partial charge in [0.25, 0.3) is 0 Å². The lowest BCUT2D eigenvalue weighted by Gasteiger charge is -2.17. The van der Waals surface area contributed by atoms with Gasteiger partial charge in [0.2, 0.25) is 0 Å². The molecule has 100 valence electrons. The highest BCUT2D eigenvalue weighted by atomic mass is 35.5. The largest absolute Gasteiger partial charge is 0.271 e. The minimum absolute atomic E-state index is 0.0545. The zero-order chi connectivity index (χ0) is 13.8. The van der Waals surface area contributed by atoms with E-state index < -0.39 is 0 Å². The van der Waals surface area contributed by atoms with Crippen LogP contribution in [0.5, 0.6) is 0 Å². The van der Waals surface area contributed by atoms with Crippen LogP contribution in [0.15, 0.2) is 36.4 Å². The Bertz CT molecular complexity index is 549. The summed E-state index contributed by atoms with van der Waals surface area (Å²) in [7, 11) is 0. The Morgan fingerprint density at radius 3 is 2.47 bits per heavy atom. The number of nitrogens with two attached hydrogens (primary N) is 1. The Kier molecular flexibility index (Phi) is 4.53. The molecule has 4 heteroatoms. The molecule has 0 radical (unpaired) electrons. The fourth-order valence-electron chi connectivity index (χ4n) is 2.24. The molecule has 2 aromatic rings. The van der Waals surface area contributed by atoms with Gasteiger partial charge in [0.05, 0.1) is 6.04 Å². The van der Waals surface area contributed by atoms with E-state index in [0.29, 0.717) is 0 Å². The highest BCUT2D eigenvalue weighted by Gasteiger charge is 2.12. The predicted octanol–water partition coefficient (Wildman–Crippen LogP) is 3.10. The van der Waals surface area contributed by atoms with Crippen molar-refractivity contribution in [3.63, 3.8) is 0 Å². The summed E-state index contributed by atoms with van der Waals surface area (Å²) in [6, 6.07) is 12.0. The molecule has 1 aromatic carbocycles. The number of hydrogen-bond acceptors (Lipinski definition) is 3. The second-order valence-electron chi connectivity index (χ2n) is 4.74. The van der Waals surface area contributed by atoms with Gasteiger partial charge in [-0.1, -0.05) is 23.7 Å². The lowest BCUT2D eigenvalue weighted by molar-refractivity contribution is 0.550. The number of hydrazine groups is 1. The maximum Gasteiger partial charge on any atom is 0.0501 e. The molecule has 3 N–H and O–H groups in total. The van der Waals surface area contributed by atoms with Gasteiger partial charge < -0.3 is 0 Å². The van der Waals surface area contributed by atoms with Crippen LogP contribution in [0, 0.1) is 13.8 Å². The molecule has 0 aliphatic rings. The predicted molar refractivity (Wildman–Crippen MR) is 78.9 cm³/mol. The van der Waals surface area contributed by atoms with Crippen molar-refractivity contribution in [2.45, 2.75) is 26.3 Å². The van der Waals surface area contributed by atoms with Gasteiger partial charge in [0, 0.05) is 16.4 Å². The van der Waals surface area contributed by atoms with Crippen LogP contribution >= 0.6 is 11.6 Å².